The topological polar surface area (TPSA) is 30.7 Å². The van der Waals surface area contributed by atoms with Crippen LogP contribution in [0.25, 0.3) is 0 Å². The van der Waals surface area contributed by atoms with Crippen molar-refractivity contribution >= 4 is 27.5 Å². The van der Waals surface area contributed by atoms with E-state index in [0.717, 1.165) is 15.1 Å². The molecule has 0 N–H and O–H groups in total. The lowest BCUT2D eigenvalue weighted by Gasteiger charge is -2.04. The summed E-state index contributed by atoms with van der Waals surface area (Å²) in [4.78, 5) is 3.87. The monoisotopic (exact) mass is 271 g/mol. The normalized spacial score (nSPS) is 10.4. The third-order valence-corrected chi connectivity index (χ3v) is 2.82. The van der Waals surface area contributed by atoms with Crippen molar-refractivity contribution in [2.45, 2.75) is 6.54 Å². The number of hydrogen-bond donors (Lipinski definition) is 0. The Morgan fingerprint density at radius 2 is 2.29 bits per heavy atom. The van der Waals surface area contributed by atoms with Crippen LogP contribution in [0.2, 0.25) is 5.02 Å². The first-order chi connectivity index (χ1) is 6.75. The summed E-state index contributed by atoms with van der Waals surface area (Å²) >= 11 is 9.35. The number of benzene rings is 1. The van der Waals surface area contributed by atoms with Gasteiger partial charge in [0.05, 0.1) is 6.54 Å². The van der Waals surface area contributed by atoms with E-state index >= 15 is 0 Å². The molecule has 0 saturated heterocycles. The molecule has 5 heteroatoms. The third kappa shape index (κ3) is 2.13. The number of aromatic nitrogens is 3. The zero-order valence-corrected chi connectivity index (χ0v) is 9.53. The minimum atomic E-state index is 0.668. The van der Waals surface area contributed by atoms with Crippen LogP contribution < -0.4 is 0 Å². The van der Waals surface area contributed by atoms with Crippen molar-refractivity contribution in [2.24, 2.45) is 0 Å². The molecule has 1 aromatic carbocycles. The maximum atomic E-state index is 5.89. The molecule has 0 saturated carbocycles. The molecule has 1 heterocycles. The molecule has 0 radical (unpaired) electrons. The number of halogens is 2. The number of rotatable bonds is 2. The molecule has 0 amide bonds. The van der Waals surface area contributed by atoms with Crippen molar-refractivity contribution in [2.75, 3.05) is 0 Å². The number of hydrogen-bond acceptors (Lipinski definition) is 2. The van der Waals surface area contributed by atoms with E-state index < -0.39 is 0 Å². The maximum Gasteiger partial charge on any atom is 0.137 e. The van der Waals surface area contributed by atoms with Crippen LogP contribution >= 0.6 is 27.5 Å². The fourth-order valence-corrected chi connectivity index (χ4v) is 1.72. The van der Waals surface area contributed by atoms with Crippen LogP contribution in [0.4, 0.5) is 0 Å². The highest BCUT2D eigenvalue weighted by atomic mass is 79.9. The fourth-order valence-electron chi connectivity index (χ4n) is 1.15. The minimum Gasteiger partial charge on any atom is -0.249 e. The molecule has 0 aliphatic heterocycles. The quantitative estimate of drug-likeness (QED) is 0.841. The van der Waals surface area contributed by atoms with Crippen LogP contribution in [0.15, 0.2) is 35.3 Å². The largest absolute Gasteiger partial charge is 0.249 e. The second-order valence-corrected chi connectivity index (χ2v) is 4.12. The van der Waals surface area contributed by atoms with Gasteiger partial charge in [-0.2, -0.15) is 5.10 Å². The summed E-state index contributed by atoms with van der Waals surface area (Å²) in [6.45, 7) is 0.668. The van der Waals surface area contributed by atoms with Crippen LogP contribution in [-0.4, -0.2) is 14.8 Å². The average molecular weight is 273 g/mol. The lowest BCUT2D eigenvalue weighted by molar-refractivity contribution is 0.683. The lowest BCUT2D eigenvalue weighted by Crippen LogP contribution is -2.00. The van der Waals surface area contributed by atoms with Gasteiger partial charge in [-0.3, -0.25) is 0 Å². The number of nitrogens with zero attached hydrogens (tertiary/aromatic N) is 3. The molecule has 72 valence electrons. The minimum absolute atomic E-state index is 0.668. The van der Waals surface area contributed by atoms with E-state index in [1.165, 1.54) is 6.33 Å². The van der Waals surface area contributed by atoms with Crippen molar-refractivity contribution in [3.05, 3.63) is 45.9 Å². The van der Waals surface area contributed by atoms with Gasteiger partial charge in [-0.05, 0) is 23.8 Å². The van der Waals surface area contributed by atoms with E-state index in [9.17, 15) is 0 Å². The van der Waals surface area contributed by atoms with Crippen LogP contribution in [-0.2, 0) is 6.54 Å². The summed E-state index contributed by atoms with van der Waals surface area (Å²) in [5.41, 5.74) is 1.09. The van der Waals surface area contributed by atoms with Gasteiger partial charge in [-0.25, -0.2) is 9.67 Å². The standard InChI is InChI=1S/C9H7BrClN3/c10-9-2-1-8(11)3-7(9)4-14-6-12-5-13-14/h1-3,5-6H,4H2. The second-order valence-electron chi connectivity index (χ2n) is 2.83. The molecule has 1 aromatic heterocycles. The van der Waals surface area contributed by atoms with Gasteiger partial charge in [-0.15, -0.1) is 0 Å². The van der Waals surface area contributed by atoms with E-state index in [2.05, 4.69) is 26.0 Å². The Morgan fingerprint density at radius 3 is 3.00 bits per heavy atom. The highest BCUT2D eigenvalue weighted by Crippen LogP contribution is 2.21. The summed E-state index contributed by atoms with van der Waals surface area (Å²) in [5, 5.41) is 4.75. The van der Waals surface area contributed by atoms with Crippen LogP contribution in [0.1, 0.15) is 5.56 Å². The van der Waals surface area contributed by atoms with Crippen molar-refractivity contribution in [1.29, 1.82) is 0 Å². The molecule has 0 spiro atoms. The molecule has 2 rings (SSSR count). The van der Waals surface area contributed by atoms with Gasteiger partial charge >= 0.3 is 0 Å². The maximum absolute atomic E-state index is 5.89. The lowest BCUT2D eigenvalue weighted by atomic mass is 10.2. The van der Waals surface area contributed by atoms with Crippen LogP contribution in [0, 0.1) is 0 Å². The molecule has 0 aliphatic rings. The van der Waals surface area contributed by atoms with Crippen molar-refractivity contribution in [3.8, 4) is 0 Å². The molecule has 0 bridgehead atoms. The van der Waals surface area contributed by atoms with Crippen LogP contribution in [0.5, 0.6) is 0 Å². The molecule has 2 aromatic rings. The van der Waals surface area contributed by atoms with Gasteiger partial charge in [0.1, 0.15) is 12.7 Å². The highest BCUT2D eigenvalue weighted by Gasteiger charge is 2.01. The van der Waals surface area contributed by atoms with Crippen molar-refractivity contribution in [1.82, 2.24) is 14.8 Å². The van der Waals surface area contributed by atoms with Gasteiger partial charge in [0, 0.05) is 9.50 Å². The highest BCUT2D eigenvalue weighted by molar-refractivity contribution is 9.10. The summed E-state index contributed by atoms with van der Waals surface area (Å²) in [5.74, 6) is 0. The average Bonchev–Trinajstić information content (AvgIpc) is 2.64. The van der Waals surface area contributed by atoms with Gasteiger partial charge in [0.2, 0.25) is 0 Å². The van der Waals surface area contributed by atoms with Gasteiger partial charge in [-0.1, -0.05) is 27.5 Å². The first kappa shape index (κ1) is 9.68. The van der Waals surface area contributed by atoms with Crippen LogP contribution in [0.3, 0.4) is 0 Å². The summed E-state index contributed by atoms with van der Waals surface area (Å²) in [6.07, 6.45) is 3.19. The Balaban J connectivity index is 2.28. The first-order valence-electron chi connectivity index (χ1n) is 4.02. The van der Waals surface area contributed by atoms with Gasteiger partial charge in [0.25, 0.3) is 0 Å². The molecule has 0 unspecified atom stereocenters. The predicted molar refractivity (Wildman–Crippen MR) is 58.3 cm³/mol. The van der Waals surface area contributed by atoms with Crippen molar-refractivity contribution in [3.63, 3.8) is 0 Å². The Kier molecular flexibility index (Phi) is 2.84. The molecular weight excluding hydrogens is 265 g/mol. The second kappa shape index (κ2) is 4.11. The Morgan fingerprint density at radius 1 is 1.43 bits per heavy atom. The summed E-state index contributed by atoms with van der Waals surface area (Å²) in [7, 11) is 0. The molecule has 3 nitrogen and oxygen atoms in total. The Hall–Kier alpha value is -0.870. The molecule has 0 fully saturated rings. The van der Waals surface area contributed by atoms with E-state index in [4.69, 9.17) is 11.6 Å². The van der Waals surface area contributed by atoms with Crippen molar-refractivity contribution < 1.29 is 0 Å². The fraction of sp³-hybridized carbons (Fsp3) is 0.111. The summed E-state index contributed by atoms with van der Waals surface area (Å²) < 4.78 is 2.77. The SMILES string of the molecule is Clc1ccc(Br)c(Cn2cncn2)c1. The van der Waals surface area contributed by atoms with Gasteiger partial charge in [0.15, 0.2) is 0 Å². The zero-order chi connectivity index (χ0) is 9.97. The van der Waals surface area contributed by atoms with E-state index in [0.29, 0.717) is 6.54 Å². The molecular formula is C9H7BrClN3. The third-order valence-electron chi connectivity index (χ3n) is 1.81. The smallest absolute Gasteiger partial charge is 0.137 e. The molecule has 14 heavy (non-hydrogen) atoms. The van der Waals surface area contributed by atoms with E-state index in [-0.39, 0.29) is 0 Å². The first-order valence-corrected chi connectivity index (χ1v) is 5.19. The Bertz CT molecular complexity index is 428. The Labute approximate surface area is 94.9 Å². The summed E-state index contributed by atoms with van der Waals surface area (Å²) in [6, 6.07) is 5.68. The molecule has 0 atom stereocenters. The van der Waals surface area contributed by atoms with E-state index in [1.807, 2.05) is 18.2 Å². The van der Waals surface area contributed by atoms with E-state index in [1.54, 1.807) is 11.0 Å². The predicted octanol–water partition coefficient (Wildman–Crippen LogP) is 2.74. The van der Waals surface area contributed by atoms with Gasteiger partial charge < -0.3 is 0 Å². The molecule has 0 aliphatic carbocycles. The zero-order valence-electron chi connectivity index (χ0n) is 7.19.